The lowest BCUT2D eigenvalue weighted by Gasteiger charge is -2.07. The van der Waals surface area contributed by atoms with Gasteiger partial charge in [-0.2, -0.15) is 0 Å². The number of carbonyl (C=O) groups is 2. The molecule has 2 N–H and O–H groups in total. The van der Waals surface area contributed by atoms with Gasteiger partial charge in [0.2, 0.25) is 0 Å². The van der Waals surface area contributed by atoms with Crippen LogP contribution in [0.2, 0.25) is 5.02 Å². The van der Waals surface area contributed by atoms with Crippen LogP contribution in [0.15, 0.2) is 18.2 Å². The highest BCUT2D eigenvalue weighted by atomic mass is 35.5. The zero-order valence-corrected chi connectivity index (χ0v) is 9.40. The summed E-state index contributed by atoms with van der Waals surface area (Å²) in [5.41, 5.74) is 3.64. The molecule has 4 nitrogen and oxygen atoms in total. The third-order valence-electron chi connectivity index (χ3n) is 1.63. The van der Waals surface area contributed by atoms with Gasteiger partial charge in [-0.15, -0.1) is 11.6 Å². The molecular formula is C9H7Cl2FN2O2. The highest BCUT2D eigenvalue weighted by Crippen LogP contribution is 2.18. The first-order valence-electron chi connectivity index (χ1n) is 4.15. The standard InChI is InChI=1S/C9H7Cl2FN2O2/c10-4-7(15)13-14-9(16)8-5(11)2-1-3-6(8)12/h1-3H,4H2,(H,13,15)(H,14,16). The second-order valence-corrected chi connectivity index (χ2v) is 3.41. The normalized spacial score (nSPS) is 9.69. The topological polar surface area (TPSA) is 58.2 Å². The molecule has 0 atom stereocenters. The van der Waals surface area contributed by atoms with Gasteiger partial charge in [0.25, 0.3) is 11.8 Å². The Morgan fingerprint density at radius 1 is 1.31 bits per heavy atom. The zero-order chi connectivity index (χ0) is 12.1. The second-order valence-electron chi connectivity index (χ2n) is 2.73. The lowest BCUT2D eigenvalue weighted by molar-refractivity contribution is -0.119. The number of rotatable bonds is 2. The number of halogens is 3. The van der Waals surface area contributed by atoms with E-state index in [0.29, 0.717) is 0 Å². The molecule has 1 aromatic carbocycles. The summed E-state index contributed by atoms with van der Waals surface area (Å²) >= 11 is 10.8. The van der Waals surface area contributed by atoms with Crippen molar-refractivity contribution < 1.29 is 14.0 Å². The van der Waals surface area contributed by atoms with Crippen molar-refractivity contribution in [1.29, 1.82) is 0 Å². The van der Waals surface area contributed by atoms with Gasteiger partial charge in [0.05, 0.1) is 10.6 Å². The van der Waals surface area contributed by atoms with Crippen LogP contribution in [0.5, 0.6) is 0 Å². The van der Waals surface area contributed by atoms with Gasteiger partial charge >= 0.3 is 0 Å². The predicted octanol–water partition coefficient (Wildman–Crippen LogP) is 1.48. The average Bonchev–Trinajstić information content (AvgIpc) is 2.25. The summed E-state index contributed by atoms with van der Waals surface area (Å²) in [6, 6.07) is 3.82. The molecule has 0 radical (unpaired) electrons. The molecule has 0 aliphatic carbocycles. The summed E-state index contributed by atoms with van der Waals surface area (Å²) in [5, 5.41) is -0.0439. The molecule has 16 heavy (non-hydrogen) atoms. The Bertz CT molecular complexity index is 406. The molecular weight excluding hydrogens is 258 g/mol. The summed E-state index contributed by atoms with van der Waals surface area (Å²) in [6.45, 7) is 0. The SMILES string of the molecule is O=C(CCl)NNC(=O)c1c(F)cccc1Cl. The Hall–Kier alpha value is -1.33. The number of amides is 2. The predicted molar refractivity (Wildman–Crippen MR) is 57.7 cm³/mol. The van der Waals surface area contributed by atoms with E-state index >= 15 is 0 Å². The van der Waals surface area contributed by atoms with Crippen molar-refractivity contribution in [2.45, 2.75) is 0 Å². The Morgan fingerprint density at radius 2 is 2.00 bits per heavy atom. The maximum atomic E-state index is 13.2. The summed E-state index contributed by atoms with van der Waals surface area (Å²) in [7, 11) is 0. The number of benzene rings is 1. The van der Waals surface area contributed by atoms with Crippen molar-refractivity contribution in [2.75, 3.05) is 5.88 Å². The van der Waals surface area contributed by atoms with Gasteiger partial charge in [-0.05, 0) is 12.1 Å². The third-order valence-corrected chi connectivity index (χ3v) is 2.18. The van der Waals surface area contributed by atoms with Crippen molar-refractivity contribution in [2.24, 2.45) is 0 Å². The van der Waals surface area contributed by atoms with Crippen LogP contribution in [-0.4, -0.2) is 17.7 Å². The molecule has 7 heteroatoms. The number of nitrogens with one attached hydrogen (secondary N) is 2. The Labute approximate surface area is 101 Å². The summed E-state index contributed by atoms with van der Waals surface area (Å²) < 4.78 is 13.2. The molecule has 0 aromatic heterocycles. The lowest BCUT2D eigenvalue weighted by Crippen LogP contribution is -2.42. The van der Waals surface area contributed by atoms with Crippen molar-refractivity contribution >= 4 is 35.0 Å². The molecule has 0 heterocycles. The van der Waals surface area contributed by atoms with Gasteiger partial charge < -0.3 is 0 Å². The minimum absolute atomic E-state index is 0.0439. The molecule has 0 spiro atoms. The van der Waals surface area contributed by atoms with E-state index in [1.807, 2.05) is 10.9 Å². The van der Waals surface area contributed by atoms with Crippen LogP contribution in [0, 0.1) is 5.82 Å². The van der Waals surface area contributed by atoms with Gasteiger partial charge in [-0.3, -0.25) is 20.4 Å². The van der Waals surface area contributed by atoms with Crippen LogP contribution < -0.4 is 10.9 Å². The maximum Gasteiger partial charge on any atom is 0.274 e. The second kappa shape index (κ2) is 5.67. The van der Waals surface area contributed by atoms with E-state index in [2.05, 4.69) is 0 Å². The number of alkyl halides is 1. The molecule has 0 aliphatic rings. The van der Waals surface area contributed by atoms with E-state index in [1.54, 1.807) is 0 Å². The molecule has 0 fully saturated rings. The lowest BCUT2D eigenvalue weighted by atomic mass is 10.2. The van der Waals surface area contributed by atoms with E-state index in [0.717, 1.165) is 6.07 Å². The Kier molecular flexibility index (Phi) is 4.52. The molecule has 0 unspecified atom stereocenters. The number of hydrazine groups is 1. The Balaban J connectivity index is 2.77. The van der Waals surface area contributed by atoms with Crippen LogP contribution in [0.25, 0.3) is 0 Å². The van der Waals surface area contributed by atoms with Crippen LogP contribution >= 0.6 is 23.2 Å². The van der Waals surface area contributed by atoms with Crippen LogP contribution in [0.1, 0.15) is 10.4 Å². The zero-order valence-electron chi connectivity index (χ0n) is 7.89. The maximum absolute atomic E-state index is 13.2. The van der Waals surface area contributed by atoms with Gasteiger partial charge in [-0.25, -0.2) is 4.39 Å². The van der Waals surface area contributed by atoms with Crippen molar-refractivity contribution in [3.63, 3.8) is 0 Å². The molecule has 86 valence electrons. The fraction of sp³-hybridized carbons (Fsp3) is 0.111. The molecule has 2 amide bonds. The highest BCUT2D eigenvalue weighted by Gasteiger charge is 2.15. The van der Waals surface area contributed by atoms with Gasteiger partial charge in [-0.1, -0.05) is 17.7 Å². The fourth-order valence-corrected chi connectivity index (χ4v) is 1.25. The van der Waals surface area contributed by atoms with E-state index in [-0.39, 0.29) is 16.5 Å². The van der Waals surface area contributed by atoms with Crippen LogP contribution in [0.3, 0.4) is 0 Å². The first-order chi connectivity index (χ1) is 7.56. The molecule has 0 saturated heterocycles. The first-order valence-corrected chi connectivity index (χ1v) is 5.06. The summed E-state index contributed by atoms with van der Waals surface area (Å²) in [5.74, 6) is -2.54. The third kappa shape index (κ3) is 3.08. The minimum Gasteiger partial charge on any atom is -0.272 e. The average molecular weight is 265 g/mol. The van der Waals surface area contributed by atoms with Gasteiger partial charge in [0.1, 0.15) is 11.7 Å². The molecule has 1 aromatic rings. The quantitative estimate of drug-likeness (QED) is 0.628. The number of hydrogen-bond acceptors (Lipinski definition) is 2. The van der Waals surface area contributed by atoms with Crippen LogP contribution in [0.4, 0.5) is 4.39 Å². The van der Waals surface area contributed by atoms with E-state index in [4.69, 9.17) is 23.2 Å². The smallest absolute Gasteiger partial charge is 0.272 e. The van der Waals surface area contributed by atoms with Gasteiger partial charge in [0.15, 0.2) is 0 Å². The van der Waals surface area contributed by atoms with Crippen LogP contribution in [-0.2, 0) is 4.79 Å². The Morgan fingerprint density at radius 3 is 2.56 bits per heavy atom. The van der Waals surface area contributed by atoms with E-state index in [1.165, 1.54) is 12.1 Å². The fourth-order valence-electron chi connectivity index (χ4n) is 0.937. The van der Waals surface area contributed by atoms with Crippen molar-refractivity contribution in [1.82, 2.24) is 10.9 Å². The minimum atomic E-state index is -0.846. The number of carbonyl (C=O) groups excluding carboxylic acids is 2. The molecule has 0 saturated carbocycles. The molecule has 0 aliphatic heterocycles. The van der Waals surface area contributed by atoms with E-state index < -0.39 is 17.6 Å². The molecule has 1 rings (SSSR count). The molecule has 0 bridgehead atoms. The summed E-state index contributed by atoms with van der Waals surface area (Å²) in [4.78, 5) is 22.1. The highest BCUT2D eigenvalue weighted by molar-refractivity contribution is 6.34. The first kappa shape index (κ1) is 12.7. The monoisotopic (exact) mass is 264 g/mol. The van der Waals surface area contributed by atoms with Crippen molar-refractivity contribution in [3.8, 4) is 0 Å². The summed E-state index contributed by atoms with van der Waals surface area (Å²) in [6.07, 6.45) is 0. The van der Waals surface area contributed by atoms with Crippen molar-refractivity contribution in [3.05, 3.63) is 34.6 Å². The largest absolute Gasteiger partial charge is 0.274 e. The number of hydrogen-bond donors (Lipinski definition) is 2. The van der Waals surface area contributed by atoms with Gasteiger partial charge in [0, 0.05) is 0 Å². The van der Waals surface area contributed by atoms with E-state index in [9.17, 15) is 14.0 Å².